The van der Waals surface area contributed by atoms with E-state index in [0.29, 0.717) is 11.1 Å². The molecule has 3 aromatic rings. The molecule has 1 N–H and O–H groups in total. The molecular formula is C16H13N5O2S. The van der Waals surface area contributed by atoms with Crippen molar-refractivity contribution in [2.24, 2.45) is 5.10 Å². The predicted octanol–water partition coefficient (Wildman–Crippen LogP) is 2.37. The van der Waals surface area contributed by atoms with Crippen molar-refractivity contribution in [3.05, 3.63) is 60.4 Å². The number of rotatable bonds is 6. The zero-order chi connectivity index (χ0) is 16.6. The topological polar surface area (TPSA) is 93.3 Å². The first-order chi connectivity index (χ1) is 11.8. The summed E-state index contributed by atoms with van der Waals surface area (Å²) in [5, 5.41) is 12.1. The first-order valence-electron chi connectivity index (χ1n) is 7.05. The third-order valence-corrected chi connectivity index (χ3v) is 3.68. The zero-order valence-corrected chi connectivity index (χ0v) is 13.3. The van der Waals surface area contributed by atoms with E-state index in [4.69, 9.17) is 4.42 Å². The largest absolute Gasteiger partial charge is 0.411 e. The van der Waals surface area contributed by atoms with Crippen LogP contribution in [0.5, 0.6) is 0 Å². The van der Waals surface area contributed by atoms with Gasteiger partial charge in [-0.15, -0.1) is 10.2 Å². The van der Waals surface area contributed by atoms with Gasteiger partial charge in [-0.1, -0.05) is 42.1 Å². The van der Waals surface area contributed by atoms with E-state index in [1.54, 1.807) is 30.7 Å². The number of amides is 1. The Morgan fingerprint density at radius 2 is 1.96 bits per heavy atom. The number of hydrogen-bond donors (Lipinski definition) is 1. The maximum absolute atomic E-state index is 11.7. The van der Waals surface area contributed by atoms with Gasteiger partial charge >= 0.3 is 0 Å². The molecule has 2 heterocycles. The van der Waals surface area contributed by atoms with Crippen molar-refractivity contribution in [2.75, 3.05) is 5.75 Å². The highest BCUT2D eigenvalue weighted by molar-refractivity contribution is 7.99. The van der Waals surface area contributed by atoms with Crippen molar-refractivity contribution in [1.29, 1.82) is 0 Å². The van der Waals surface area contributed by atoms with E-state index < -0.39 is 0 Å². The van der Waals surface area contributed by atoms with Gasteiger partial charge < -0.3 is 4.42 Å². The van der Waals surface area contributed by atoms with Crippen LogP contribution in [0.4, 0.5) is 0 Å². The molecule has 1 aromatic carbocycles. The summed E-state index contributed by atoms with van der Waals surface area (Å²) in [6, 6.07) is 13.0. The highest BCUT2D eigenvalue weighted by atomic mass is 32.2. The second kappa shape index (κ2) is 8.02. The van der Waals surface area contributed by atoms with Gasteiger partial charge in [-0.3, -0.25) is 9.78 Å². The predicted molar refractivity (Wildman–Crippen MR) is 90.4 cm³/mol. The fourth-order valence-electron chi connectivity index (χ4n) is 1.76. The van der Waals surface area contributed by atoms with Crippen LogP contribution in [0.3, 0.4) is 0 Å². The SMILES string of the molecule is O=C(CSc1nnc(-c2ccncc2)o1)N/N=C/c1ccccc1. The lowest BCUT2D eigenvalue weighted by molar-refractivity contribution is -0.118. The monoisotopic (exact) mass is 339 g/mol. The molecule has 0 saturated carbocycles. The molecule has 0 saturated heterocycles. The van der Waals surface area contributed by atoms with Crippen LogP contribution in [0.1, 0.15) is 5.56 Å². The molecule has 0 atom stereocenters. The normalized spacial score (nSPS) is 10.8. The number of aromatic nitrogens is 3. The van der Waals surface area contributed by atoms with E-state index in [1.807, 2.05) is 30.3 Å². The molecule has 0 aliphatic rings. The van der Waals surface area contributed by atoms with Gasteiger partial charge in [0.2, 0.25) is 5.89 Å². The number of benzene rings is 1. The maximum Gasteiger partial charge on any atom is 0.277 e. The Balaban J connectivity index is 1.48. The minimum Gasteiger partial charge on any atom is -0.411 e. The van der Waals surface area contributed by atoms with E-state index in [2.05, 4.69) is 25.7 Å². The molecule has 0 bridgehead atoms. The molecule has 0 unspecified atom stereocenters. The first-order valence-corrected chi connectivity index (χ1v) is 8.03. The van der Waals surface area contributed by atoms with Crippen LogP contribution in [0, 0.1) is 0 Å². The number of pyridine rings is 1. The Morgan fingerprint density at radius 3 is 2.75 bits per heavy atom. The van der Waals surface area contributed by atoms with Crippen LogP contribution in [0.2, 0.25) is 0 Å². The van der Waals surface area contributed by atoms with Gasteiger partial charge in [-0.05, 0) is 17.7 Å². The third-order valence-electron chi connectivity index (χ3n) is 2.86. The summed E-state index contributed by atoms with van der Waals surface area (Å²) < 4.78 is 5.49. The van der Waals surface area contributed by atoms with Crippen LogP contribution in [0.15, 0.2) is 69.6 Å². The van der Waals surface area contributed by atoms with Crippen LogP contribution in [-0.2, 0) is 4.79 Å². The highest BCUT2D eigenvalue weighted by Gasteiger charge is 2.10. The second-order valence-electron chi connectivity index (χ2n) is 4.60. The summed E-state index contributed by atoms with van der Waals surface area (Å²) in [4.78, 5) is 15.7. The van der Waals surface area contributed by atoms with Crippen molar-refractivity contribution >= 4 is 23.9 Å². The summed E-state index contributed by atoms with van der Waals surface area (Å²) >= 11 is 1.15. The highest BCUT2D eigenvalue weighted by Crippen LogP contribution is 2.22. The standard InChI is InChI=1S/C16H13N5O2S/c22-14(19-18-10-12-4-2-1-3-5-12)11-24-16-21-20-15(23-16)13-6-8-17-9-7-13/h1-10H,11H2,(H,19,22)/b18-10+. The van der Waals surface area contributed by atoms with Crippen LogP contribution in [-0.4, -0.2) is 33.1 Å². The molecule has 24 heavy (non-hydrogen) atoms. The minimum atomic E-state index is -0.254. The molecule has 7 nitrogen and oxygen atoms in total. The molecule has 120 valence electrons. The average molecular weight is 339 g/mol. The molecule has 0 spiro atoms. The molecule has 8 heteroatoms. The number of hydrazone groups is 1. The van der Waals surface area contributed by atoms with E-state index >= 15 is 0 Å². The van der Waals surface area contributed by atoms with Gasteiger partial charge in [0, 0.05) is 18.0 Å². The molecule has 0 fully saturated rings. The van der Waals surface area contributed by atoms with Crippen LogP contribution >= 0.6 is 11.8 Å². The van der Waals surface area contributed by atoms with Crippen molar-refractivity contribution in [3.8, 4) is 11.5 Å². The van der Waals surface area contributed by atoms with E-state index in [-0.39, 0.29) is 11.7 Å². The average Bonchev–Trinajstić information content (AvgIpc) is 3.11. The van der Waals surface area contributed by atoms with Gasteiger partial charge in [-0.25, -0.2) is 5.43 Å². The van der Waals surface area contributed by atoms with Crippen molar-refractivity contribution in [1.82, 2.24) is 20.6 Å². The number of thioether (sulfide) groups is 1. The Labute approximate surface area is 142 Å². The quantitative estimate of drug-likeness (QED) is 0.421. The summed E-state index contributed by atoms with van der Waals surface area (Å²) in [6.07, 6.45) is 4.87. The Morgan fingerprint density at radius 1 is 1.17 bits per heavy atom. The van der Waals surface area contributed by atoms with E-state index in [0.717, 1.165) is 22.9 Å². The van der Waals surface area contributed by atoms with Crippen molar-refractivity contribution < 1.29 is 9.21 Å². The number of nitrogens with one attached hydrogen (secondary N) is 1. The number of carbonyl (C=O) groups excluding carboxylic acids is 1. The molecular weight excluding hydrogens is 326 g/mol. The number of hydrogen-bond acceptors (Lipinski definition) is 7. The summed E-state index contributed by atoms with van der Waals surface area (Å²) in [5.74, 6) is 0.266. The molecule has 0 radical (unpaired) electrons. The molecule has 2 aromatic heterocycles. The second-order valence-corrected chi connectivity index (χ2v) is 5.53. The Kier molecular flexibility index (Phi) is 5.31. The van der Waals surface area contributed by atoms with E-state index in [1.165, 1.54) is 0 Å². The Bertz CT molecular complexity index is 821. The van der Waals surface area contributed by atoms with Crippen molar-refractivity contribution in [3.63, 3.8) is 0 Å². The molecule has 1 amide bonds. The lowest BCUT2D eigenvalue weighted by Crippen LogP contribution is -2.19. The lowest BCUT2D eigenvalue weighted by Gasteiger charge is -1.97. The van der Waals surface area contributed by atoms with E-state index in [9.17, 15) is 4.79 Å². The third kappa shape index (κ3) is 4.50. The number of carbonyl (C=O) groups is 1. The molecule has 0 aliphatic heterocycles. The zero-order valence-electron chi connectivity index (χ0n) is 12.5. The van der Waals surface area contributed by atoms with Gasteiger partial charge in [0.15, 0.2) is 0 Å². The van der Waals surface area contributed by atoms with Gasteiger partial charge in [0.05, 0.1) is 12.0 Å². The lowest BCUT2D eigenvalue weighted by atomic mass is 10.2. The van der Waals surface area contributed by atoms with Gasteiger partial charge in [0.1, 0.15) is 0 Å². The Hall–Kier alpha value is -3.00. The first kappa shape index (κ1) is 15.9. The fourth-order valence-corrected chi connectivity index (χ4v) is 2.31. The summed E-state index contributed by atoms with van der Waals surface area (Å²) in [5.41, 5.74) is 4.14. The summed E-state index contributed by atoms with van der Waals surface area (Å²) in [6.45, 7) is 0. The van der Waals surface area contributed by atoms with Crippen molar-refractivity contribution in [2.45, 2.75) is 5.22 Å². The van der Waals surface area contributed by atoms with Gasteiger partial charge in [0.25, 0.3) is 11.1 Å². The molecule has 0 aliphatic carbocycles. The number of nitrogens with zero attached hydrogens (tertiary/aromatic N) is 4. The van der Waals surface area contributed by atoms with Crippen LogP contribution < -0.4 is 5.43 Å². The summed E-state index contributed by atoms with van der Waals surface area (Å²) in [7, 11) is 0. The maximum atomic E-state index is 11.7. The molecule has 3 rings (SSSR count). The van der Waals surface area contributed by atoms with Crippen LogP contribution in [0.25, 0.3) is 11.5 Å². The fraction of sp³-hybridized carbons (Fsp3) is 0.0625. The van der Waals surface area contributed by atoms with Gasteiger partial charge in [-0.2, -0.15) is 5.10 Å². The smallest absolute Gasteiger partial charge is 0.277 e. The minimum absolute atomic E-state index is 0.129.